The van der Waals surface area contributed by atoms with E-state index in [0.717, 1.165) is 11.1 Å². The Balaban J connectivity index is 1.49. The van der Waals surface area contributed by atoms with Gasteiger partial charge in [0.2, 0.25) is 17.7 Å². The van der Waals surface area contributed by atoms with E-state index in [1.165, 1.54) is 0 Å². The third-order valence-corrected chi connectivity index (χ3v) is 3.69. The van der Waals surface area contributed by atoms with E-state index < -0.39 is 0 Å². The molecule has 0 radical (unpaired) electrons. The van der Waals surface area contributed by atoms with Gasteiger partial charge in [-0.25, -0.2) is 0 Å². The molecular weight excluding hydrogens is 326 g/mol. The van der Waals surface area contributed by atoms with Gasteiger partial charge in [0, 0.05) is 17.0 Å². The number of aryl methyl sites for hydroxylation is 1. The molecule has 1 aromatic heterocycles. The number of nitrogens with one attached hydrogen (secondary N) is 1. The summed E-state index contributed by atoms with van der Waals surface area (Å²) in [6.07, 6.45) is 1.01. The van der Waals surface area contributed by atoms with Crippen LogP contribution in [0.1, 0.15) is 17.9 Å². The highest BCUT2D eigenvalue weighted by Crippen LogP contribution is 2.16. The normalized spacial score (nSPS) is 10.5. The molecule has 0 aliphatic carbocycles. The van der Waals surface area contributed by atoms with E-state index in [1.807, 2.05) is 54.6 Å². The van der Waals surface area contributed by atoms with E-state index in [1.54, 1.807) is 0 Å². The van der Waals surface area contributed by atoms with E-state index in [9.17, 15) is 4.79 Å². The van der Waals surface area contributed by atoms with Crippen molar-refractivity contribution >= 4 is 17.5 Å². The number of benzene rings is 2. The Kier molecular flexibility index (Phi) is 5.23. The first-order valence-corrected chi connectivity index (χ1v) is 7.97. The predicted molar refractivity (Wildman–Crippen MR) is 91.4 cm³/mol. The highest BCUT2D eigenvalue weighted by atomic mass is 35.5. The molecule has 0 atom stereocenters. The first-order chi connectivity index (χ1) is 11.7. The minimum Gasteiger partial charge on any atom is -0.419 e. The SMILES string of the molecule is O=C(CCc1cccc(Cl)c1)NCc1nnc(-c2ccccc2)o1. The Morgan fingerprint density at radius 1 is 1.08 bits per heavy atom. The summed E-state index contributed by atoms with van der Waals surface area (Å²) in [4.78, 5) is 11.9. The summed E-state index contributed by atoms with van der Waals surface area (Å²) >= 11 is 5.93. The van der Waals surface area contributed by atoms with Crippen LogP contribution in [-0.4, -0.2) is 16.1 Å². The van der Waals surface area contributed by atoms with Gasteiger partial charge in [-0.3, -0.25) is 4.79 Å². The molecule has 3 rings (SSSR count). The molecule has 3 aromatic rings. The van der Waals surface area contributed by atoms with Gasteiger partial charge in [-0.05, 0) is 36.2 Å². The zero-order valence-corrected chi connectivity index (χ0v) is 13.7. The van der Waals surface area contributed by atoms with Crippen LogP contribution in [0.2, 0.25) is 5.02 Å². The number of amides is 1. The van der Waals surface area contributed by atoms with Crippen molar-refractivity contribution < 1.29 is 9.21 Å². The summed E-state index contributed by atoms with van der Waals surface area (Å²) in [5.74, 6) is 0.748. The maximum atomic E-state index is 11.9. The number of hydrogen-bond donors (Lipinski definition) is 1. The second-order valence-corrected chi connectivity index (χ2v) is 5.71. The van der Waals surface area contributed by atoms with Crippen molar-refractivity contribution in [3.05, 3.63) is 71.1 Å². The molecule has 0 spiro atoms. The van der Waals surface area contributed by atoms with Crippen LogP contribution in [0, 0.1) is 0 Å². The quantitative estimate of drug-likeness (QED) is 0.743. The van der Waals surface area contributed by atoms with E-state index in [0.29, 0.717) is 29.6 Å². The third kappa shape index (κ3) is 4.43. The molecule has 24 heavy (non-hydrogen) atoms. The average molecular weight is 342 g/mol. The summed E-state index contributed by atoms with van der Waals surface area (Å²) in [7, 11) is 0. The Bertz CT molecular complexity index is 818. The van der Waals surface area contributed by atoms with Crippen LogP contribution < -0.4 is 5.32 Å². The molecule has 122 valence electrons. The zero-order valence-electron chi connectivity index (χ0n) is 12.9. The molecular formula is C18H16ClN3O2. The number of carbonyl (C=O) groups is 1. The van der Waals surface area contributed by atoms with Crippen molar-refractivity contribution in [2.75, 3.05) is 0 Å². The van der Waals surface area contributed by atoms with Crippen LogP contribution in [0.3, 0.4) is 0 Å². The minimum absolute atomic E-state index is 0.0746. The first kappa shape index (κ1) is 16.2. The van der Waals surface area contributed by atoms with Gasteiger partial charge in [0.15, 0.2) is 0 Å². The average Bonchev–Trinajstić information content (AvgIpc) is 3.08. The van der Waals surface area contributed by atoms with Gasteiger partial charge in [-0.2, -0.15) is 0 Å². The van der Waals surface area contributed by atoms with Crippen LogP contribution in [0.4, 0.5) is 0 Å². The van der Waals surface area contributed by atoms with Crippen LogP contribution in [0.25, 0.3) is 11.5 Å². The fourth-order valence-electron chi connectivity index (χ4n) is 2.24. The summed E-state index contributed by atoms with van der Waals surface area (Å²) < 4.78 is 5.54. The zero-order chi connectivity index (χ0) is 16.8. The maximum Gasteiger partial charge on any atom is 0.247 e. The number of rotatable bonds is 6. The predicted octanol–water partition coefficient (Wildman–Crippen LogP) is 3.64. The van der Waals surface area contributed by atoms with Crippen molar-refractivity contribution in [3.63, 3.8) is 0 Å². The maximum absolute atomic E-state index is 11.9. The number of halogens is 1. The molecule has 1 N–H and O–H groups in total. The van der Waals surface area contributed by atoms with Crippen molar-refractivity contribution in [3.8, 4) is 11.5 Å². The van der Waals surface area contributed by atoms with Gasteiger partial charge in [0.1, 0.15) is 0 Å². The van der Waals surface area contributed by atoms with Crippen LogP contribution in [0.15, 0.2) is 59.0 Å². The van der Waals surface area contributed by atoms with Crippen LogP contribution in [-0.2, 0) is 17.8 Å². The monoisotopic (exact) mass is 341 g/mol. The lowest BCUT2D eigenvalue weighted by molar-refractivity contribution is -0.121. The van der Waals surface area contributed by atoms with E-state index in [2.05, 4.69) is 15.5 Å². The number of aromatic nitrogens is 2. The first-order valence-electron chi connectivity index (χ1n) is 7.59. The molecule has 5 nitrogen and oxygen atoms in total. The summed E-state index contributed by atoms with van der Waals surface area (Å²) in [6, 6.07) is 17.0. The lowest BCUT2D eigenvalue weighted by atomic mass is 10.1. The molecule has 1 heterocycles. The lowest BCUT2D eigenvalue weighted by Gasteiger charge is -2.03. The van der Waals surface area contributed by atoms with Crippen molar-refractivity contribution in [2.24, 2.45) is 0 Å². The molecule has 0 saturated carbocycles. The summed E-state index contributed by atoms with van der Waals surface area (Å²) in [5.41, 5.74) is 1.88. The molecule has 2 aromatic carbocycles. The topological polar surface area (TPSA) is 68.0 Å². The van der Waals surface area contributed by atoms with Crippen molar-refractivity contribution in [1.82, 2.24) is 15.5 Å². The van der Waals surface area contributed by atoms with Gasteiger partial charge in [0.25, 0.3) is 0 Å². The fraction of sp³-hybridized carbons (Fsp3) is 0.167. The van der Waals surface area contributed by atoms with E-state index in [-0.39, 0.29) is 12.5 Å². The standard InChI is InChI=1S/C18H16ClN3O2/c19-15-8-4-5-13(11-15)9-10-16(23)20-12-17-21-22-18(24-17)14-6-2-1-3-7-14/h1-8,11H,9-10,12H2,(H,20,23). The van der Waals surface area contributed by atoms with Gasteiger partial charge < -0.3 is 9.73 Å². The third-order valence-electron chi connectivity index (χ3n) is 3.45. The molecule has 0 fully saturated rings. The second-order valence-electron chi connectivity index (χ2n) is 5.27. The Morgan fingerprint density at radius 3 is 2.71 bits per heavy atom. The lowest BCUT2D eigenvalue weighted by Crippen LogP contribution is -2.23. The van der Waals surface area contributed by atoms with Gasteiger partial charge >= 0.3 is 0 Å². The largest absolute Gasteiger partial charge is 0.419 e. The smallest absolute Gasteiger partial charge is 0.247 e. The van der Waals surface area contributed by atoms with E-state index >= 15 is 0 Å². The van der Waals surface area contributed by atoms with Crippen LogP contribution in [0.5, 0.6) is 0 Å². The van der Waals surface area contributed by atoms with Gasteiger partial charge in [-0.1, -0.05) is 41.9 Å². The Morgan fingerprint density at radius 2 is 1.92 bits per heavy atom. The second kappa shape index (κ2) is 7.75. The molecule has 0 aliphatic heterocycles. The highest BCUT2D eigenvalue weighted by Gasteiger charge is 2.09. The highest BCUT2D eigenvalue weighted by molar-refractivity contribution is 6.30. The molecule has 1 amide bonds. The van der Waals surface area contributed by atoms with Crippen molar-refractivity contribution in [1.29, 1.82) is 0 Å². The van der Waals surface area contributed by atoms with E-state index in [4.69, 9.17) is 16.0 Å². The van der Waals surface area contributed by atoms with Gasteiger partial charge in [-0.15, -0.1) is 10.2 Å². The summed E-state index contributed by atoms with van der Waals surface area (Å²) in [5, 5.41) is 11.4. The van der Waals surface area contributed by atoms with Crippen LogP contribution >= 0.6 is 11.6 Å². The minimum atomic E-state index is -0.0746. The Hall–Kier alpha value is -2.66. The molecule has 6 heteroatoms. The van der Waals surface area contributed by atoms with Crippen molar-refractivity contribution in [2.45, 2.75) is 19.4 Å². The molecule has 0 aliphatic rings. The number of nitrogens with zero attached hydrogens (tertiary/aromatic N) is 2. The fourth-order valence-corrected chi connectivity index (χ4v) is 2.45. The molecule has 0 saturated heterocycles. The Labute approximate surface area is 144 Å². The number of hydrogen-bond acceptors (Lipinski definition) is 4. The van der Waals surface area contributed by atoms with Gasteiger partial charge in [0.05, 0.1) is 6.54 Å². The molecule has 0 bridgehead atoms. The number of carbonyl (C=O) groups excluding carboxylic acids is 1. The molecule has 0 unspecified atom stereocenters. The summed E-state index contributed by atoms with van der Waals surface area (Å²) in [6.45, 7) is 0.216.